The van der Waals surface area contributed by atoms with E-state index in [0.29, 0.717) is 0 Å². The molecule has 0 atom stereocenters. The molecule has 2 heteroatoms. The van der Waals surface area contributed by atoms with E-state index < -0.39 is 9.24 Å². The van der Waals surface area contributed by atoms with Crippen LogP contribution in [0.4, 0.5) is 0 Å². The Kier molecular flexibility index (Phi) is 5.01. The van der Waals surface area contributed by atoms with Crippen LogP contribution in [0.2, 0.25) is 0 Å². The standard InChI is InChI=1S/C13H21ClS/c1-4-5-7-12-8-6-9-13(10-12)11-15(2,3)14/h6,8-10H,4-5,7,11H2,1-3H3. The van der Waals surface area contributed by atoms with Crippen molar-refractivity contribution >= 4 is 19.9 Å². The third-order valence-electron chi connectivity index (χ3n) is 2.32. The number of hydrogen-bond acceptors (Lipinski definition) is 0. The third-order valence-corrected chi connectivity index (χ3v) is 3.67. The zero-order chi connectivity index (χ0) is 11.3. The minimum atomic E-state index is -0.942. The van der Waals surface area contributed by atoms with Gasteiger partial charge in [0.1, 0.15) is 0 Å². The van der Waals surface area contributed by atoms with Crippen molar-refractivity contribution in [2.24, 2.45) is 0 Å². The molecule has 0 aromatic heterocycles. The minimum absolute atomic E-state index is 0.942. The Bertz CT molecular complexity index is 302. The van der Waals surface area contributed by atoms with Gasteiger partial charge in [0.05, 0.1) is 0 Å². The number of hydrogen-bond donors (Lipinski definition) is 0. The average Bonchev–Trinajstić information content (AvgIpc) is 2.12. The fourth-order valence-electron chi connectivity index (χ4n) is 1.65. The van der Waals surface area contributed by atoms with E-state index in [1.54, 1.807) is 0 Å². The highest BCUT2D eigenvalue weighted by Gasteiger charge is 2.08. The normalized spacial score (nSPS) is 12.8. The van der Waals surface area contributed by atoms with Gasteiger partial charge in [-0.25, -0.2) is 0 Å². The summed E-state index contributed by atoms with van der Waals surface area (Å²) in [6, 6.07) is 8.87. The van der Waals surface area contributed by atoms with Gasteiger partial charge in [-0.1, -0.05) is 48.3 Å². The monoisotopic (exact) mass is 244 g/mol. The molecule has 0 spiro atoms. The Morgan fingerprint density at radius 1 is 1.20 bits per heavy atom. The van der Waals surface area contributed by atoms with Crippen LogP contribution in [0.5, 0.6) is 0 Å². The smallest absolute Gasteiger partial charge is 0.0146 e. The van der Waals surface area contributed by atoms with Crippen molar-refractivity contribution < 1.29 is 0 Å². The predicted octanol–water partition coefficient (Wildman–Crippen LogP) is 4.75. The minimum Gasteiger partial charge on any atom is -0.165 e. The van der Waals surface area contributed by atoms with Crippen molar-refractivity contribution in [2.45, 2.75) is 31.9 Å². The molecule has 0 heterocycles. The maximum atomic E-state index is 6.31. The zero-order valence-electron chi connectivity index (χ0n) is 9.92. The second-order valence-corrected chi connectivity index (χ2v) is 10.1. The molecule has 0 bridgehead atoms. The summed E-state index contributed by atoms with van der Waals surface area (Å²) < 4.78 is 0. The van der Waals surface area contributed by atoms with Gasteiger partial charge in [0.25, 0.3) is 0 Å². The van der Waals surface area contributed by atoms with Crippen molar-refractivity contribution in [3.05, 3.63) is 35.4 Å². The number of unbranched alkanes of at least 4 members (excludes halogenated alkanes) is 1. The Balaban J connectivity index is 2.66. The molecule has 0 nitrogen and oxygen atoms in total. The van der Waals surface area contributed by atoms with E-state index in [4.69, 9.17) is 10.7 Å². The van der Waals surface area contributed by atoms with E-state index >= 15 is 0 Å². The summed E-state index contributed by atoms with van der Waals surface area (Å²) >= 11 is 0. The lowest BCUT2D eigenvalue weighted by Crippen LogP contribution is -1.93. The van der Waals surface area contributed by atoms with Gasteiger partial charge in [0.15, 0.2) is 0 Å². The first-order valence-electron chi connectivity index (χ1n) is 5.50. The van der Waals surface area contributed by atoms with Gasteiger partial charge in [-0.15, -0.1) is 0 Å². The summed E-state index contributed by atoms with van der Waals surface area (Å²) in [5.41, 5.74) is 2.84. The van der Waals surface area contributed by atoms with Crippen LogP contribution in [0.15, 0.2) is 24.3 Å². The Morgan fingerprint density at radius 3 is 2.47 bits per heavy atom. The molecule has 1 aromatic rings. The molecule has 0 saturated carbocycles. The molecular formula is C13H21ClS. The van der Waals surface area contributed by atoms with Gasteiger partial charge >= 0.3 is 0 Å². The van der Waals surface area contributed by atoms with Crippen LogP contribution in [-0.4, -0.2) is 12.5 Å². The zero-order valence-corrected chi connectivity index (χ0v) is 11.5. The molecule has 0 aliphatic rings. The fourth-order valence-corrected chi connectivity index (χ4v) is 3.00. The SMILES string of the molecule is CCCCc1cccc(CS(C)(C)Cl)c1. The molecule has 0 fully saturated rings. The maximum Gasteiger partial charge on any atom is 0.0146 e. The third kappa shape index (κ3) is 5.48. The van der Waals surface area contributed by atoms with Crippen LogP contribution in [-0.2, 0) is 12.2 Å². The summed E-state index contributed by atoms with van der Waals surface area (Å²) in [6.07, 6.45) is 8.03. The Labute approximate surface area is 99.9 Å². The molecular weight excluding hydrogens is 224 g/mol. The van der Waals surface area contributed by atoms with Crippen molar-refractivity contribution in [1.29, 1.82) is 0 Å². The Morgan fingerprint density at radius 2 is 1.87 bits per heavy atom. The van der Waals surface area contributed by atoms with E-state index in [2.05, 4.69) is 43.7 Å². The predicted molar refractivity (Wildman–Crippen MR) is 74.1 cm³/mol. The van der Waals surface area contributed by atoms with Crippen LogP contribution in [0.1, 0.15) is 30.9 Å². The number of halogens is 1. The highest BCUT2D eigenvalue weighted by atomic mass is 35.7. The van der Waals surface area contributed by atoms with E-state index in [1.165, 1.54) is 30.4 Å². The molecule has 15 heavy (non-hydrogen) atoms. The van der Waals surface area contributed by atoms with E-state index in [0.717, 1.165) is 5.75 Å². The van der Waals surface area contributed by atoms with Crippen LogP contribution in [0.25, 0.3) is 0 Å². The first-order valence-corrected chi connectivity index (χ1v) is 8.94. The highest BCUT2D eigenvalue weighted by molar-refractivity contribution is 8.49. The lowest BCUT2D eigenvalue weighted by atomic mass is 10.1. The van der Waals surface area contributed by atoms with Crippen molar-refractivity contribution in [1.82, 2.24) is 0 Å². The molecule has 0 amide bonds. The summed E-state index contributed by atoms with van der Waals surface area (Å²) in [6.45, 7) is 2.23. The summed E-state index contributed by atoms with van der Waals surface area (Å²) in [7, 11) is 5.37. The topological polar surface area (TPSA) is 0 Å². The van der Waals surface area contributed by atoms with Gasteiger partial charge in [0.2, 0.25) is 0 Å². The second-order valence-electron chi connectivity index (χ2n) is 4.47. The molecule has 1 rings (SSSR count). The molecule has 0 N–H and O–H groups in total. The molecule has 0 aliphatic heterocycles. The first-order chi connectivity index (χ1) is 7.01. The van der Waals surface area contributed by atoms with Crippen LogP contribution < -0.4 is 0 Å². The summed E-state index contributed by atoms with van der Waals surface area (Å²) in [4.78, 5) is 0. The van der Waals surface area contributed by atoms with E-state index in [9.17, 15) is 0 Å². The molecule has 86 valence electrons. The van der Waals surface area contributed by atoms with Gasteiger partial charge in [0, 0.05) is 5.75 Å². The lowest BCUT2D eigenvalue weighted by molar-refractivity contribution is 0.794. The number of benzene rings is 1. The van der Waals surface area contributed by atoms with Crippen molar-refractivity contribution in [2.75, 3.05) is 12.5 Å². The van der Waals surface area contributed by atoms with Crippen LogP contribution in [0, 0.1) is 0 Å². The lowest BCUT2D eigenvalue weighted by Gasteiger charge is -2.21. The molecule has 0 radical (unpaired) electrons. The van der Waals surface area contributed by atoms with Gasteiger partial charge < -0.3 is 0 Å². The fraction of sp³-hybridized carbons (Fsp3) is 0.538. The van der Waals surface area contributed by atoms with Crippen molar-refractivity contribution in [3.8, 4) is 0 Å². The van der Waals surface area contributed by atoms with Crippen LogP contribution >= 0.6 is 19.9 Å². The van der Waals surface area contributed by atoms with Crippen LogP contribution in [0.3, 0.4) is 0 Å². The van der Waals surface area contributed by atoms with Crippen molar-refractivity contribution in [3.63, 3.8) is 0 Å². The molecule has 0 saturated heterocycles. The molecule has 0 aliphatic carbocycles. The summed E-state index contributed by atoms with van der Waals surface area (Å²) in [5, 5.41) is 0. The number of aryl methyl sites for hydroxylation is 1. The number of rotatable bonds is 5. The van der Waals surface area contributed by atoms with Gasteiger partial charge in [-0.3, -0.25) is 0 Å². The first kappa shape index (κ1) is 12.9. The van der Waals surface area contributed by atoms with Gasteiger partial charge in [-0.2, -0.15) is 9.24 Å². The maximum absolute atomic E-state index is 6.31. The second kappa shape index (κ2) is 5.81. The highest BCUT2D eigenvalue weighted by Crippen LogP contribution is 2.48. The van der Waals surface area contributed by atoms with E-state index in [-0.39, 0.29) is 0 Å². The van der Waals surface area contributed by atoms with E-state index in [1.807, 2.05) is 0 Å². The Hall–Kier alpha value is -0.140. The molecule has 1 aromatic carbocycles. The quantitative estimate of drug-likeness (QED) is 0.702. The summed E-state index contributed by atoms with van der Waals surface area (Å²) in [5.74, 6) is 1.02. The average molecular weight is 245 g/mol. The molecule has 0 unspecified atom stereocenters. The largest absolute Gasteiger partial charge is 0.165 e. The van der Waals surface area contributed by atoms with Gasteiger partial charge in [-0.05, 0) is 36.5 Å².